The number of anilines is 1. The Balaban J connectivity index is 1.58. The van der Waals surface area contributed by atoms with Gasteiger partial charge in [-0.05, 0) is 30.3 Å². The Kier molecular flexibility index (Phi) is 6.81. The van der Waals surface area contributed by atoms with E-state index >= 15 is 0 Å². The van der Waals surface area contributed by atoms with Gasteiger partial charge in [0, 0.05) is 32.2 Å². The Morgan fingerprint density at radius 1 is 1.03 bits per heavy atom. The molecular weight excluding hydrogens is 453 g/mol. The van der Waals surface area contributed by atoms with Crippen LogP contribution in [0.4, 0.5) is 24.5 Å². The van der Waals surface area contributed by atoms with Gasteiger partial charge in [0.2, 0.25) is 15.9 Å². The number of para-hydroxylation sites is 2. The van der Waals surface area contributed by atoms with E-state index in [0.717, 1.165) is 28.6 Å². The van der Waals surface area contributed by atoms with Crippen molar-refractivity contribution in [2.24, 2.45) is 0 Å². The molecule has 1 heterocycles. The van der Waals surface area contributed by atoms with Gasteiger partial charge in [-0.15, -0.1) is 0 Å². The smallest absolute Gasteiger partial charge is 0.319 e. The zero-order valence-corrected chi connectivity index (χ0v) is 17.4. The van der Waals surface area contributed by atoms with Crippen molar-refractivity contribution in [3.8, 4) is 0 Å². The Morgan fingerprint density at radius 2 is 1.62 bits per heavy atom. The summed E-state index contributed by atoms with van der Waals surface area (Å²) in [4.78, 5) is 24.1. The molecule has 32 heavy (non-hydrogen) atoms. The number of piperazine rings is 1. The zero-order chi connectivity index (χ0) is 23.5. The molecule has 13 heteroatoms. The molecular formula is C19H19F3N4O5S. The van der Waals surface area contributed by atoms with Gasteiger partial charge in [-0.25, -0.2) is 8.42 Å². The van der Waals surface area contributed by atoms with Gasteiger partial charge >= 0.3 is 6.18 Å². The summed E-state index contributed by atoms with van der Waals surface area (Å²) in [6.45, 7) is 0.415. The van der Waals surface area contributed by atoms with E-state index in [9.17, 15) is 36.5 Å². The molecule has 1 aliphatic heterocycles. The minimum atomic E-state index is -4.56. The van der Waals surface area contributed by atoms with Crippen molar-refractivity contribution >= 4 is 27.3 Å². The fourth-order valence-electron chi connectivity index (χ4n) is 3.22. The average molecular weight is 472 g/mol. The predicted molar refractivity (Wildman–Crippen MR) is 108 cm³/mol. The third-order valence-electron chi connectivity index (χ3n) is 4.89. The maximum absolute atomic E-state index is 12.7. The quantitative estimate of drug-likeness (QED) is 0.511. The fraction of sp³-hybridized carbons (Fsp3) is 0.316. The van der Waals surface area contributed by atoms with E-state index in [4.69, 9.17) is 0 Å². The van der Waals surface area contributed by atoms with Crippen molar-refractivity contribution in [3.05, 3.63) is 64.2 Å². The van der Waals surface area contributed by atoms with Crippen LogP contribution >= 0.6 is 0 Å². The van der Waals surface area contributed by atoms with Crippen LogP contribution in [-0.2, 0) is 21.0 Å². The number of carbonyl (C=O) groups excluding carboxylic acids is 1. The number of hydrogen-bond donors (Lipinski definition) is 1. The average Bonchev–Trinajstić information content (AvgIpc) is 2.74. The summed E-state index contributed by atoms with van der Waals surface area (Å²) in [5, 5.41) is 13.5. The van der Waals surface area contributed by atoms with Gasteiger partial charge in [0.25, 0.3) is 5.69 Å². The number of nitro benzene ring substituents is 1. The maximum atomic E-state index is 12.7. The van der Waals surface area contributed by atoms with Crippen LogP contribution in [0.15, 0.2) is 53.4 Å². The van der Waals surface area contributed by atoms with Crippen molar-refractivity contribution in [2.45, 2.75) is 11.1 Å². The molecule has 1 fully saturated rings. The molecule has 0 radical (unpaired) electrons. The molecule has 9 nitrogen and oxygen atoms in total. The zero-order valence-electron chi connectivity index (χ0n) is 16.6. The lowest BCUT2D eigenvalue weighted by Crippen LogP contribution is -2.50. The number of nitro groups is 1. The lowest BCUT2D eigenvalue weighted by molar-refractivity contribution is -0.383. The van der Waals surface area contributed by atoms with Gasteiger partial charge in [-0.3, -0.25) is 19.8 Å². The van der Waals surface area contributed by atoms with E-state index in [1.54, 1.807) is 11.0 Å². The van der Waals surface area contributed by atoms with Crippen molar-refractivity contribution in [1.82, 2.24) is 9.21 Å². The number of nitrogens with zero attached hydrogens (tertiary/aromatic N) is 3. The van der Waals surface area contributed by atoms with Crippen LogP contribution in [-0.4, -0.2) is 61.2 Å². The lowest BCUT2D eigenvalue weighted by Gasteiger charge is -2.33. The van der Waals surface area contributed by atoms with Crippen LogP contribution < -0.4 is 5.32 Å². The number of nitrogens with one attached hydrogen (secondary N) is 1. The molecule has 1 N–H and O–H groups in total. The second kappa shape index (κ2) is 9.22. The first-order chi connectivity index (χ1) is 15.0. The number of rotatable bonds is 6. The van der Waals surface area contributed by atoms with Gasteiger partial charge in [-0.1, -0.05) is 12.1 Å². The standard InChI is InChI=1S/C19H19F3N4O5S/c20-19(21,22)14-5-7-15(8-6-14)32(30,31)25-11-9-24(10-12-25)13-18(27)23-16-3-1-2-4-17(16)26(28)29/h1-8H,9-13H2,(H,23,27). The molecule has 2 aromatic rings. The summed E-state index contributed by atoms with van der Waals surface area (Å²) in [6.07, 6.45) is -4.56. The third-order valence-corrected chi connectivity index (χ3v) is 6.81. The molecule has 0 bridgehead atoms. The predicted octanol–water partition coefficient (Wildman–Crippen LogP) is 2.56. The van der Waals surface area contributed by atoms with Gasteiger partial charge in [0.15, 0.2) is 0 Å². The summed E-state index contributed by atoms with van der Waals surface area (Å²) >= 11 is 0. The van der Waals surface area contributed by atoms with Crippen LogP contribution in [0, 0.1) is 10.1 Å². The summed E-state index contributed by atoms with van der Waals surface area (Å²) in [5.41, 5.74) is -1.12. The van der Waals surface area contributed by atoms with E-state index in [1.807, 2.05) is 0 Å². The molecule has 0 aliphatic carbocycles. The first-order valence-electron chi connectivity index (χ1n) is 9.41. The van der Waals surface area contributed by atoms with Gasteiger partial charge in [-0.2, -0.15) is 17.5 Å². The van der Waals surface area contributed by atoms with Crippen LogP contribution in [0.3, 0.4) is 0 Å². The summed E-state index contributed by atoms with van der Waals surface area (Å²) in [7, 11) is -3.98. The molecule has 0 spiro atoms. The van der Waals surface area contributed by atoms with Crippen LogP contribution in [0.5, 0.6) is 0 Å². The van der Waals surface area contributed by atoms with Gasteiger partial charge in [0.1, 0.15) is 5.69 Å². The van der Waals surface area contributed by atoms with Crippen molar-refractivity contribution < 1.29 is 31.3 Å². The molecule has 0 atom stereocenters. The number of halogens is 3. The van der Waals surface area contributed by atoms with Crippen LogP contribution in [0.1, 0.15) is 5.56 Å². The number of sulfonamides is 1. The van der Waals surface area contributed by atoms with Crippen molar-refractivity contribution in [3.63, 3.8) is 0 Å². The van der Waals surface area contributed by atoms with Crippen molar-refractivity contribution in [2.75, 3.05) is 38.0 Å². The molecule has 0 saturated carbocycles. The largest absolute Gasteiger partial charge is 0.416 e. The lowest BCUT2D eigenvalue weighted by atomic mass is 10.2. The normalized spacial score (nSPS) is 16.0. The van der Waals surface area contributed by atoms with E-state index in [1.165, 1.54) is 18.2 Å². The summed E-state index contributed by atoms with van der Waals surface area (Å²) in [6, 6.07) is 8.98. The Labute approximate surface area is 181 Å². The van der Waals surface area contributed by atoms with Crippen molar-refractivity contribution in [1.29, 1.82) is 0 Å². The molecule has 172 valence electrons. The second-order valence-electron chi connectivity index (χ2n) is 7.02. The third kappa shape index (κ3) is 5.41. The molecule has 3 rings (SSSR count). The summed E-state index contributed by atoms with van der Waals surface area (Å²) < 4.78 is 64.6. The van der Waals surface area contributed by atoms with E-state index < -0.39 is 32.6 Å². The Bertz CT molecular complexity index is 1100. The highest BCUT2D eigenvalue weighted by atomic mass is 32.2. The topological polar surface area (TPSA) is 113 Å². The molecule has 2 aromatic carbocycles. The number of hydrogen-bond acceptors (Lipinski definition) is 6. The SMILES string of the molecule is O=C(CN1CCN(S(=O)(=O)c2ccc(C(F)(F)F)cc2)CC1)Nc1ccccc1[N+](=O)[O-]. The first kappa shape index (κ1) is 23.6. The maximum Gasteiger partial charge on any atom is 0.416 e. The highest BCUT2D eigenvalue weighted by Gasteiger charge is 2.33. The second-order valence-corrected chi connectivity index (χ2v) is 8.96. The van der Waals surface area contributed by atoms with E-state index in [2.05, 4.69) is 5.32 Å². The summed E-state index contributed by atoms with van der Waals surface area (Å²) in [5.74, 6) is -0.488. The Hall–Kier alpha value is -3.03. The monoisotopic (exact) mass is 472 g/mol. The highest BCUT2D eigenvalue weighted by molar-refractivity contribution is 7.89. The van der Waals surface area contributed by atoms with Gasteiger partial charge < -0.3 is 5.32 Å². The number of amides is 1. The van der Waals surface area contributed by atoms with E-state index in [-0.39, 0.29) is 49.0 Å². The molecule has 1 saturated heterocycles. The minimum Gasteiger partial charge on any atom is -0.319 e. The number of carbonyl (C=O) groups is 1. The molecule has 1 amide bonds. The number of alkyl halides is 3. The first-order valence-corrected chi connectivity index (χ1v) is 10.9. The highest BCUT2D eigenvalue weighted by Crippen LogP contribution is 2.30. The van der Waals surface area contributed by atoms with Crippen LogP contribution in [0.2, 0.25) is 0 Å². The Morgan fingerprint density at radius 3 is 2.19 bits per heavy atom. The fourth-order valence-corrected chi connectivity index (χ4v) is 4.65. The molecule has 0 unspecified atom stereocenters. The molecule has 1 aliphatic rings. The van der Waals surface area contributed by atoms with Crippen LogP contribution in [0.25, 0.3) is 0 Å². The number of benzene rings is 2. The molecule has 0 aromatic heterocycles. The minimum absolute atomic E-state index is 0.0438. The van der Waals surface area contributed by atoms with Gasteiger partial charge in [0.05, 0.1) is 21.9 Å². The van der Waals surface area contributed by atoms with E-state index in [0.29, 0.717) is 0 Å².